The molecule has 10 nitrogen and oxygen atoms in total. The summed E-state index contributed by atoms with van der Waals surface area (Å²) in [4.78, 5) is 45.0. The van der Waals surface area contributed by atoms with E-state index in [-0.39, 0.29) is 22.7 Å². The molecule has 10 heteroatoms. The predicted molar refractivity (Wildman–Crippen MR) is 75.5 cm³/mol. The molecule has 1 heterocycles. The molecule has 1 aliphatic heterocycles. The summed E-state index contributed by atoms with van der Waals surface area (Å²) >= 11 is 0. The standard InChI is InChI=1S/C13H11N3O7/c1-23-10-3-2-8(16(21)22)4-7(10)5-9-12(19)15(6-11(17)18)13(20)14-9/h2-5H,6H2,1H3,(H,14,20)(H,17,18)/b9-5+. The maximum atomic E-state index is 12.0. The average molecular weight is 321 g/mol. The molecule has 0 aliphatic carbocycles. The van der Waals surface area contributed by atoms with Gasteiger partial charge in [-0.3, -0.25) is 19.7 Å². The number of carbonyl (C=O) groups is 3. The van der Waals surface area contributed by atoms with E-state index in [1.54, 1.807) is 0 Å². The van der Waals surface area contributed by atoms with Crippen molar-refractivity contribution in [1.29, 1.82) is 0 Å². The Morgan fingerprint density at radius 3 is 2.74 bits per heavy atom. The number of aliphatic carboxylic acids is 1. The molecular formula is C13H11N3O7. The van der Waals surface area contributed by atoms with Gasteiger partial charge in [-0.15, -0.1) is 0 Å². The van der Waals surface area contributed by atoms with Crippen LogP contribution in [-0.4, -0.2) is 46.5 Å². The monoisotopic (exact) mass is 321 g/mol. The highest BCUT2D eigenvalue weighted by Crippen LogP contribution is 2.27. The van der Waals surface area contributed by atoms with E-state index >= 15 is 0 Å². The summed E-state index contributed by atoms with van der Waals surface area (Å²) in [7, 11) is 1.34. The van der Waals surface area contributed by atoms with Crippen LogP contribution in [0.4, 0.5) is 10.5 Å². The SMILES string of the molecule is COc1ccc([N+](=O)[O-])cc1/C=C1/NC(=O)N(CC(=O)O)C1=O. The Morgan fingerprint density at radius 2 is 2.17 bits per heavy atom. The minimum absolute atomic E-state index is 0.197. The summed E-state index contributed by atoms with van der Waals surface area (Å²) in [6, 6.07) is 2.87. The van der Waals surface area contributed by atoms with E-state index in [2.05, 4.69) is 5.32 Å². The number of benzene rings is 1. The Bertz CT molecular complexity index is 741. The fraction of sp³-hybridized carbons (Fsp3) is 0.154. The van der Waals surface area contributed by atoms with Crippen molar-refractivity contribution in [2.75, 3.05) is 13.7 Å². The van der Waals surface area contributed by atoms with E-state index < -0.39 is 29.4 Å². The molecule has 1 aromatic rings. The van der Waals surface area contributed by atoms with Crippen LogP contribution in [0.15, 0.2) is 23.9 Å². The van der Waals surface area contributed by atoms with Gasteiger partial charge in [-0.1, -0.05) is 0 Å². The van der Waals surface area contributed by atoms with E-state index in [1.807, 2.05) is 0 Å². The lowest BCUT2D eigenvalue weighted by atomic mass is 10.1. The molecular weight excluding hydrogens is 310 g/mol. The maximum absolute atomic E-state index is 12.0. The van der Waals surface area contributed by atoms with Crippen LogP contribution in [0, 0.1) is 10.1 Å². The molecule has 0 saturated carbocycles. The Balaban J connectivity index is 2.40. The number of rotatable bonds is 5. The van der Waals surface area contributed by atoms with Crippen LogP contribution in [0.1, 0.15) is 5.56 Å². The number of carbonyl (C=O) groups excluding carboxylic acids is 2. The second-order valence-corrected chi connectivity index (χ2v) is 4.46. The second kappa shape index (κ2) is 6.13. The number of non-ortho nitro benzene ring substituents is 1. The van der Waals surface area contributed by atoms with Crippen molar-refractivity contribution < 1.29 is 29.2 Å². The van der Waals surface area contributed by atoms with Crippen LogP contribution in [0.2, 0.25) is 0 Å². The van der Waals surface area contributed by atoms with E-state index in [1.165, 1.54) is 31.4 Å². The molecule has 23 heavy (non-hydrogen) atoms. The van der Waals surface area contributed by atoms with Gasteiger partial charge in [0.2, 0.25) is 0 Å². The van der Waals surface area contributed by atoms with Crippen molar-refractivity contribution in [2.45, 2.75) is 0 Å². The van der Waals surface area contributed by atoms with E-state index in [9.17, 15) is 24.5 Å². The molecule has 120 valence electrons. The van der Waals surface area contributed by atoms with Crippen LogP contribution < -0.4 is 10.1 Å². The van der Waals surface area contributed by atoms with Gasteiger partial charge in [-0.2, -0.15) is 0 Å². The Morgan fingerprint density at radius 1 is 1.48 bits per heavy atom. The van der Waals surface area contributed by atoms with Gasteiger partial charge in [0.1, 0.15) is 18.0 Å². The predicted octanol–water partition coefficient (Wildman–Crippen LogP) is 0.581. The maximum Gasteiger partial charge on any atom is 0.329 e. The van der Waals surface area contributed by atoms with Gasteiger partial charge in [0.15, 0.2) is 0 Å². The third kappa shape index (κ3) is 3.26. The number of hydrogen-bond donors (Lipinski definition) is 2. The first-order chi connectivity index (χ1) is 10.8. The summed E-state index contributed by atoms with van der Waals surface area (Å²) in [6.45, 7) is -0.784. The van der Waals surface area contributed by atoms with Gasteiger partial charge in [0.25, 0.3) is 11.6 Å². The largest absolute Gasteiger partial charge is 0.496 e. The number of ether oxygens (including phenoxy) is 1. The summed E-state index contributed by atoms with van der Waals surface area (Å²) in [5.74, 6) is -1.93. The number of nitro groups is 1. The second-order valence-electron chi connectivity index (χ2n) is 4.46. The first kappa shape index (κ1) is 15.9. The van der Waals surface area contributed by atoms with E-state index in [0.29, 0.717) is 4.90 Å². The van der Waals surface area contributed by atoms with Gasteiger partial charge in [0.05, 0.1) is 12.0 Å². The van der Waals surface area contributed by atoms with Crippen molar-refractivity contribution in [3.05, 3.63) is 39.6 Å². The van der Waals surface area contributed by atoms with Crippen LogP contribution >= 0.6 is 0 Å². The Labute approximate surface area is 129 Å². The van der Waals surface area contributed by atoms with Crippen molar-refractivity contribution in [1.82, 2.24) is 10.2 Å². The van der Waals surface area contributed by atoms with Crippen LogP contribution in [0.5, 0.6) is 5.75 Å². The zero-order valence-electron chi connectivity index (χ0n) is 11.8. The molecule has 3 amide bonds. The molecule has 0 radical (unpaired) electrons. The smallest absolute Gasteiger partial charge is 0.329 e. The molecule has 1 aliphatic rings. The third-order valence-corrected chi connectivity index (χ3v) is 2.98. The number of urea groups is 1. The van der Waals surface area contributed by atoms with Crippen molar-refractivity contribution in [3.8, 4) is 5.75 Å². The average Bonchev–Trinajstić information content (AvgIpc) is 2.74. The van der Waals surface area contributed by atoms with Crippen LogP contribution in [0.25, 0.3) is 6.08 Å². The molecule has 0 unspecified atom stereocenters. The van der Waals surface area contributed by atoms with Gasteiger partial charge in [-0.25, -0.2) is 9.69 Å². The fourth-order valence-electron chi connectivity index (χ4n) is 1.95. The quantitative estimate of drug-likeness (QED) is 0.350. The van der Waals surface area contributed by atoms with Crippen molar-refractivity contribution in [2.24, 2.45) is 0 Å². The first-order valence-corrected chi connectivity index (χ1v) is 6.22. The summed E-state index contributed by atoms with van der Waals surface area (Å²) in [5, 5.41) is 21.7. The number of amides is 3. The van der Waals surface area contributed by atoms with Crippen molar-refractivity contribution >= 4 is 29.7 Å². The lowest BCUT2D eigenvalue weighted by Gasteiger charge is -2.07. The number of carboxylic acids is 1. The Kier molecular flexibility index (Phi) is 4.25. The summed E-state index contributed by atoms with van der Waals surface area (Å²) in [5.41, 5.74) is -0.227. The summed E-state index contributed by atoms with van der Waals surface area (Å²) < 4.78 is 5.04. The van der Waals surface area contributed by atoms with Gasteiger partial charge >= 0.3 is 12.0 Å². The number of imide groups is 1. The molecule has 0 spiro atoms. The minimum Gasteiger partial charge on any atom is -0.496 e. The number of carboxylic acid groups (broad SMARTS) is 1. The van der Waals surface area contributed by atoms with E-state index in [0.717, 1.165) is 0 Å². The highest BCUT2D eigenvalue weighted by atomic mass is 16.6. The molecule has 0 atom stereocenters. The number of methoxy groups -OCH3 is 1. The van der Waals surface area contributed by atoms with Crippen LogP contribution in [0.3, 0.4) is 0 Å². The number of nitrogens with one attached hydrogen (secondary N) is 1. The topological polar surface area (TPSA) is 139 Å². The molecule has 2 rings (SSSR count). The van der Waals surface area contributed by atoms with E-state index in [4.69, 9.17) is 9.84 Å². The zero-order chi connectivity index (χ0) is 17.1. The lowest BCUT2D eigenvalue weighted by molar-refractivity contribution is -0.384. The van der Waals surface area contributed by atoms with Crippen molar-refractivity contribution in [3.63, 3.8) is 0 Å². The van der Waals surface area contributed by atoms with Crippen LogP contribution in [-0.2, 0) is 9.59 Å². The molecule has 1 saturated heterocycles. The minimum atomic E-state index is -1.34. The molecule has 1 fully saturated rings. The number of nitro benzene ring substituents is 1. The highest BCUT2D eigenvalue weighted by molar-refractivity contribution is 6.15. The first-order valence-electron chi connectivity index (χ1n) is 6.22. The lowest BCUT2D eigenvalue weighted by Crippen LogP contribution is -2.35. The van der Waals surface area contributed by atoms with Gasteiger partial charge in [-0.05, 0) is 12.1 Å². The third-order valence-electron chi connectivity index (χ3n) is 2.98. The summed E-state index contributed by atoms with van der Waals surface area (Å²) in [6.07, 6.45) is 1.19. The fourth-order valence-corrected chi connectivity index (χ4v) is 1.95. The molecule has 1 aromatic carbocycles. The Hall–Kier alpha value is -3.43. The molecule has 2 N–H and O–H groups in total. The molecule has 0 bridgehead atoms. The number of hydrogen-bond acceptors (Lipinski definition) is 6. The highest BCUT2D eigenvalue weighted by Gasteiger charge is 2.35. The van der Waals surface area contributed by atoms with Gasteiger partial charge < -0.3 is 15.2 Å². The number of nitrogens with zero attached hydrogens (tertiary/aromatic N) is 2. The van der Waals surface area contributed by atoms with Gasteiger partial charge in [0, 0.05) is 17.7 Å². The molecule has 0 aromatic heterocycles. The zero-order valence-corrected chi connectivity index (χ0v) is 11.8. The normalized spacial score (nSPS) is 15.7.